The highest BCUT2D eigenvalue weighted by Crippen LogP contribution is 2.22. The highest BCUT2D eigenvalue weighted by atomic mass is 19.1. The topological polar surface area (TPSA) is 52.0 Å². The van der Waals surface area contributed by atoms with Gasteiger partial charge in [-0.1, -0.05) is 17.3 Å². The van der Waals surface area contributed by atoms with E-state index in [2.05, 4.69) is 5.16 Å². The lowest BCUT2D eigenvalue weighted by Crippen LogP contribution is -1.94. The lowest BCUT2D eigenvalue weighted by molar-refractivity contribution is 0.423. The fraction of sp³-hybridized carbons (Fsp3) is 0.182. The molecule has 0 atom stereocenters. The van der Waals surface area contributed by atoms with E-state index in [1.54, 1.807) is 25.1 Å². The monoisotopic (exact) mass is 206 g/mol. The van der Waals surface area contributed by atoms with E-state index in [4.69, 9.17) is 10.3 Å². The minimum atomic E-state index is -0.252. The summed E-state index contributed by atoms with van der Waals surface area (Å²) in [5.41, 5.74) is 7.34. The van der Waals surface area contributed by atoms with Gasteiger partial charge >= 0.3 is 0 Å². The van der Waals surface area contributed by atoms with Crippen LogP contribution in [0.15, 0.2) is 28.8 Å². The molecule has 15 heavy (non-hydrogen) atoms. The second-order valence-corrected chi connectivity index (χ2v) is 3.35. The molecule has 2 N–H and O–H groups in total. The summed E-state index contributed by atoms with van der Waals surface area (Å²) in [6.07, 6.45) is 0. The van der Waals surface area contributed by atoms with E-state index < -0.39 is 0 Å². The average molecular weight is 206 g/mol. The Hall–Kier alpha value is -1.68. The Bertz CT molecular complexity index is 479. The molecule has 2 rings (SSSR count). The lowest BCUT2D eigenvalue weighted by Gasteiger charge is -1.98. The fourth-order valence-corrected chi connectivity index (χ4v) is 1.29. The van der Waals surface area contributed by atoms with Crippen LogP contribution in [0.3, 0.4) is 0 Å². The number of rotatable bonds is 2. The van der Waals surface area contributed by atoms with Gasteiger partial charge in [-0.15, -0.1) is 0 Å². The Morgan fingerprint density at radius 1 is 1.40 bits per heavy atom. The zero-order valence-electron chi connectivity index (χ0n) is 8.33. The predicted molar refractivity (Wildman–Crippen MR) is 54.5 cm³/mol. The van der Waals surface area contributed by atoms with Crippen LogP contribution < -0.4 is 5.73 Å². The van der Waals surface area contributed by atoms with Gasteiger partial charge in [-0.05, 0) is 18.6 Å². The third-order valence-electron chi connectivity index (χ3n) is 2.22. The van der Waals surface area contributed by atoms with Gasteiger partial charge in [-0.3, -0.25) is 0 Å². The van der Waals surface area contributed by atoms with Crippen LogP contribution in [-0.2, 0) is 6.54 Å². The summed E-state index contributed by atoms with van der Waals surface area (Å²) in [4.78, 5) is 0. The molecule has 4 heteroatoms. The summed E-state index contributed by atoms with van der Waals surface area (Å²) in [6, 6.07) is 6.63. The van der Waals surface area contributed by atoms with Crippen molar-refractivity contribution in [2.75, 3.05) is 0 Å². The molecule has 0 saturated heterocycles. The number of aryl methyl sites for hydroxylation is 1. The molecular formula is C11H11FN2O. The summed E-state index contributed by atoms with van der Waals surface area (Å²) in [6.45, 7) is 2.03. The van der Waals surface area contributed by atoms with Crippen LogP contribution >= 0.6 is 0 Å². The van der Waals surface area contributed by atoms with Gasteiger partial charge in [0.2, 0.25) is 0 Å². The van der Waals surface area contributed by atoms with Gasteiger partial charge in [-0.2, -0.15) is 0 Å². The third-order valence-corrected chi connectivity index (χ3v) is 2.22. The van der Waals surface area contributed by atoms with Crippen LogP contribution in [0, 0.1) is 12.7 Å². The predicted octanol–water partition coefficient (Wildman–Crippen LogP) is 2.25. The quantitative estimate of drug-likeness (QED) is 0.819. The minimum Gasteiger partial charge on any atom is -0.356 e. The van der Waals surface area contributed by atoms with Crippen molar-refractivity contribution in [2.24, 2.45) is 5.73 Å². The smallest absolute Gasteiger partial charge is 0.167 e. The number of hydrogen-bond acceptors (Lipinski definition) is 3. The molecule has 1 aromatic carbocycles. The van der Waals surface area contributed by atoms with Crippen molar-refractivity contribution >= 4 is 0 Å². The molecule has 0 unspecified atom stereocenters. The van der Waals surface area contributed by atoms with Crippen molar-refractivity contribution in [1.29, 1.82) is 0 Å². The Morgan fingerprint density at radius 3 is 2.80 bits per heavy atom. The largest absolute Gasteiger partial charge is 0.356 e. The third kappa shape index (κ3) is 1.89. The van der Waals surface area contributed by atoms with Crippen LogP contribution in [0.1, 0.15) is 11.3 Å². The first-order valence-electron chi connectivity index (χ1n) is 4.63. The van der Waals surface area contributed by atoms with Crippen LogP contribution in [0.25, 0.3) is 11.3 Å². The van der Waals surface area contributed by atoms with E-state index in [0.717, 1.165) is 0 Å². The Kier molecular flexibility index (Phi) is 2.51. The summed E-state index contributed by atoms with van der Waals surface area (Å²) in [7, 11) is 0. The van der Waals surface area contributed by atoms with Crippen molar-refractivity contribution in [3.8, 4) is 11.3 Å². The maximum absolute atomic E-state index is 13.3. The molecule has 0 bridgehead atoms. The van der Waals surface area contributed by atoms with Crippen LogP contribution in [0.2, 0.25) is 0 Å². The molecule has 0 aliphatic heterocycles. The molecule has 3 nitrogen and oxygen atoms in total. The summed E-state index contributed by atoms with van der Waals surface area (Å²) in [5, 5.41) is 3.74. The zero-order chi connectivity index (χ0) is 10.8. The summed E-state index contributed by atoms with van der Waals surface area (Å²) >= 11 is 0. The van der Waals surface area contributed by atoms with Gasteiger partial charge in [0, 0.05) is 18.2 Å². The van der Waals surface area contributed by atoms with Gasteiger partial charge in [0.05, 0.1) is 5.69 Å². The van der Waals surface area contributed by atoms with Crippen molar-refractivity contribution in [2.45, 2.75) is 13.5 Å². The molecule has 0 spiro atoms. The summed E-state index contributed by atoms with van der Waals surface area (Å²) in [5.74, 6) is 0.285. The van der Waals surface area contributed by atoms with E-state index in [-0.39, 0.29) is 5.82 Å². The van der Waals surface area contributed by atoms with Gasteiger partial charge in [0.15, 0.2) is 5.76 Å². The molecule has 78 valence electrons. The van der Waals surface area contributed by atoms with Gasteiger partial charge in [-0.25, -0.2) is 4.39 Å². The molecule has 0 aliphatic rings. The highest BCUT2D eigenvalue weighted by molar-refractivity contribution is 5.57. The molecule has 2 aromatic rings. The first-order chi connectivity index (χ1) is 7.20. The number of nitrogens with zero attached hydrogens (tertiary/aromatic N) is 1. The van der Waals surface area contributed by atoms with Crippen LogP contribution in [-0.4, -0.2) is 5.16 Å². The Labute approximate surface area is 86.7 Å². The lowest BCUT2D eigenvalue weighted by atomic mass is 10.1. The van der Waals surface area contributed by atoms with E-state index in [1.807, 2.05) is 0 Å². The van der Waals surface area contributed by atoms with Gasteiger partial charge in [0.1, 0.15) is 5.82 Å². The van der Waals surface area contributed by atoms with Gasteiger partial charge in [0.25, 0.3) is 0 Å². The number of hydrogen-bond donors (Lipinski definition) is 1. The maximum Gasteiger partial charge on any atom is 0.167 e. The number of halogens is 1. The van der Waals surface area contributed by atoms with Gasteiger partial charge < -0.3 is 10.3 Å². The van der Waals surface area contributed by atoms with Crippen molar-refractivity contribution in [3.05, 3.63) is 41.3 Å². The first-order valence-corrected chi connectivity index (χ1v) is 4.63. The Balaban J connectivity index is 2.40. The number of benzene rings is 1. The Morgan fingerprint density at radius 2 is 2.20 bits per heavy atom. The van der Waals surface area contributed by atoms with Crippen molar-refractivity contribution in [1.82, 2.24) is 5.16 Å². The van der Waals surface area contributed by atoms with Crippen LogP contribution in [0.4, 0.5) is 4.39 Å². The minimum absolute atomic E-state index is 0.252. The van der Waals surface area contributed by atoms with E-state index in [1.165, 1.54) is 6.07 Å². The normalized spacial score (nSPS) is 10.6. The number of aromatic nitrogens is 1. The average Bonchev–Trinajstić information content (AvgIpc) is 2.70. The molecule has 0 aliphatic carbocycles. The zero-order valence-corrected chi connectivity index (χ0v) is 8.33. The second-order valence-electron chi connectivity index (χ2n) is 3.35. The number of nitrogens with two attached hydrogens (primary N) is 1. The van der Waals surface area contributed by atoms with E-state index in [9.17, 15) is 4.39 Å². The highest BCUT2D eigenvalue weighted by Gasteiger charge is 2.07. The van der Waals surface area contributed by atoms with E-state index in [0.29, 0.717) is 29.1 Å². The standard InChI is InChI=1S/C11H11FN2O/c1-7-2-3-8(4-10(7)12)11-5-9(6-13)14-15-11/h2-5H,6,13H2,1H3. The molecule has 0 amide bonds. The van der Waals surface area contributed by atoms with Crippen molar-refractivity contribution in [3.63, 3.8) is 0 Å². The molecule has 0 saturated carbocycles. The molecule has 1 heterocycles. The van der Waals surface area contributed by atoms with Crippen LogP contribution in [0.5, 0.6) is 0 Å². The first kappa shape index (κ1) is 9.86. The molecule has 0 fully saturated rings. The van der Waals surface area contributed by atoms with Crippen molar-refractivity contribution < 1.29 is 8.91 Å². The maximum atomic E-state index is 13.3. The molecule has 0 radical (unpaired) electrons. The molecular weight excluding hydrogens is 195 g/mol. The SMILES string of the molecule is Cc1ccc(-c2cc(CN)no2)cc1F. The second kappa shape index (κ2) is 3.82. The van der Waals surface area contributed by atoms with E-state index >= 15 is 0 Å². The molecule has 1 aromatic heterocycles. The summed E-state index contributed by atoms with van der Waals surface area (Å²) < 4.78 is 18.3. The fourth-order valence-electron chi connectivity index (χ4n) is 1.29.